The van der Waals surface area contributed by atoms with Crippen molar-refractivity contribution in [1.29, 1.82) is 0 Å². The zero-order chi connectivity index (χ0) is 20.4. The van der Waals surface area contributed by atoms with Gasteiger partial charge in [0.25, 0.3) is 0 Å². The number of carbonyl (C=O) groups excluding carboxylic acids is 1. The Balaban J connectivity index is 0.000000171. The van der Waals surface area contributed by atoms with Crippen molar-refractivity contribution in [2.24, 2.45) is 5.92 Å². The molecule has 0 aliphatic carbocycles. The highest BCUT2D eigenvalue weighted by atomic mass is 35.5. The Morgan fingerprint density at radius 2 is 1.72 bits per heavy atom. The normalized spacial score (nSPS) is 14.8. The third-order valence-electron chi connectivity index (χ3n) is 4.65. The van der Waals surface area contributed by atoms with Gasteiger partial charge in [-0.1, -0.05) is 35.3 Å². The number of halogens is 2. The van der Waals surface area contributed by atoms with Crippen molar-refractivity contribution in [3.63, 3.8) is 0 Å². The topological polar surface area (TPSA) is 118 Å². The van der Waals surface area contributed by atoms with Crippen LogP contribution in [0.1, 0.15) is 19.8 Å². The van der Waals surface area contributed by atoms with Gasteiger partial charge in [0.1, 0.15) is 21.3 Å². The molecule has 0 saturated carbocycles. The number of carbonyl (C=O) groups is 1. The highest BCUT2D eigenvalue weighted by Crippen LogP contribution is 2.18. The Labute approximate surface area is 175 Å². The number of nitrogens with one attached hydrogen (secondary N) is 1. The highest BCUT2D eigenvalue weighted by molar-refractivity contribution is 6.30. The van der Waals surface area contributed by atoms with Gasteiger partial charge in [0.15, 0.2) is 5.65 Å². The van der Waals surface area contributed by atoms with E-state index in [1.807, 2.05) is 0 Å². The molecule has 5 rings (SSSR count). The fourth-order valence-corrected chi connectivity index (χ4v) is 3.25. The van der Waals surface area contributed by atoms with E-state index in [0.717, 1.165) is 31.4 Å². The second-order valence-corrected chi connectivity index (χ2v) is 7.50. The lowest BCUT2D eigenvalue weighted by atomic mass is 10.00. The average molecular weight is 434 g/mol. The number of amides is 1. The van der Waals surface area contributed by atoms with Gasteiger partial charge in [-0.05, 0) is 43.0 Å². The predicted octanol–water partition coefficient (Wildman–Crippen LogP) is 3.19. The molecular weight excluding hydrogens is 417 g/mol. The van der Waals surface area contributed by atoms with Crippen molar-refractivity contribution in [2.45, 2.75) is 19.8 Å². The lowest BCUT2D eigenvalue weighted by Crippen LogP contribution is -2.40. The van der Waals surface area contributed by atoms with Crippen LogP contribution < -0.4 is 0 Å². The number of hydrogen-bond donors (Lipinski definition) is 1. The molecule has 1 aliphatic heterocycles. The number of nitrogens with zero attached hydrogens (tertiary/aromatic N) is 8. The number of fused-ring (bicyclic) bond motifs is 2. The Kier molecular flexibility index (Phi) is 5.54. The molecule has 0 unspecified atom stereocenters. The summed E-state index contributed by atoms with van der Waals surface area (Å²) in [5, 5.41) is 18.6. The molecule has 0 spiro atoms. The standard InChI is InChI=1S/C12H14ClN5O.C5H3ClN4/c1-8-4-6-17(7-5-8)12(19)18-11-9(15-16-18)2-3-10(13)14-11;6-4-2-1-3-5(7-4)9-10-8-3/h2-3,8H,4-7H2,1H3;1-2H,(H,7,8,9,10). The number of aromatic nitrogens is 8. The minimum Gasteiger partial charge on any atom is -0.323 e. The molecule has 5 heterocycles. The number of rotatable bonds is 0. The maximum absolute atomic E-state index is 12.4. The van der Waals surface area contributed by atoms with Gasteiger partial charge in [-0.25, -0.2) is 14.8 Å². The highest BCUT2D eigenvalue weighted by Gasteiger charge is 2.24. The van der Waals surface area contributed by atoms with E-state index in [9.17, 15) is 4.79 Å². The van der Waals surface area contributed by atoms with E-state index in [1.54, 1.807) is 29.2 Å². The van der Waals surface area contributed by atoms with Gasteiger partial charge < -0.3 is 4.90 Å². The first-order valence-electron chi connectivity index (χ1n) is 9.01. The molecule has 150 valence electrons. The Bertz CT molecular complexity index is 1150. The lowest BCUT2D eigenvalue weighted by molar-refractivity contribution is 0.173. The smallest absolute Gasteiger partial charge is 0.323 e. The quantitative estimate of drug-likeness (QED) is 0.422. The molecule has 0 radical (unpaired) electrons. The van der Waals surface area contributed by atoms with Crippen molar-refractivity contribution >= 4 is 51.6 Å². The first-order chi connectivity index (χ1) is 14.0. The molecule has 12 heteroatoms. The molecule has 1 fully saturated rings. The van der Waals surface area contributed by atoms with Gasteiger partial charge in [-0.3, -0.25) is 0 Å². The predicted molar refractivity (Wildman–Crippen MR) is 108 cm³/mol. The second kappa shape index (κ2) is 8.26. The summed E-state index contributed by atoms with van der Waals surface area (Å²) in [6.07, 6.45) is 2.04. The van der Waals surface area contributed by atoms with Crippen LogP contribution in [0.15, 0.2) is 24.3 Å². The van der Waals surface area contributed by atoms with Crippen LogP contribution in [-0.4, -0.2) is 64.4 Å². The van der Waals surface area contributed by atoms with Gasteiger partial charge in [-0.15, -0.1) is 14.9 Å². The van der Waals surface area contributed by atoms with E-state index >= 15 is 0 Å². The fourth-order valence-electron chi connectivity index (χ4n) is 2.96. The third-order valence-corrected chi connectivity index (χ3v) is 5.07. The van der Waals surface area contributed by atoms with Crippen LogP contribution in [-0.2, 0) is 0 Å². The summed E-state index contributed by atoms with van der Waals surface area (Å²) in [6.45, 7) is 3.71. The zero-order valence-corrected chi connectivity index (χ0v) is 17.0. The lowest BCUT2D eigenvalue weighted by Gasteiger charge is -2.29. The minimum atomic E-state index is -0.177. The van der Waals surface area contributed by atoms with E-state index in [2.05, 4.69) is 42.6 Å². The molecule has 0 atom stereocenters. The summed E-state index contributed by atoms with van der Waals surface area (Å²) < 4.78 is 1.23. The molecule has 4 aromatic rings. The average Bonchev–Trinajstić information content (AvgIpc) is 3.34. The Hall–Kier alpha value is -2.85. The van der Waals surface area contributed by atoms with E-state index in [4.69, 9.17) is 23.2 Å². The summed E-state index contributed by atoms with van der Waals surface area (Å²) in [5.74, 6) is 0.670. The molecule has 1 aliphatic rings. The molecule has 4 aromatic heterocycles. The SMILES string of the molecule is CC1CCN(C(=O)n2nnc3ccc(Cl)nc32)CC1.Clc1ccc2n[nH]nc2n1. The van der Waals surface area contributed by atoms with Crippen LogP contribution in [0.4, 0.5) is 4.79 Å². The summed E-state index contributed by atoms with van der Waals surface area (Å²) in [4.78, 5) is 22.2. The van der Waals surface area contributed by atoms with Gasteiger partial charge in [0, 0.05) is 13.1 Å². The molecule has 1 saturated heterocycles. The number of hydrogen-bond acceptors (Lipinski definition) is 7. The monoisotopic (exact) mass is 433 g/mol. The van der Waals surface area contributed by atoms with Gasteiger partial charge in [0.2, 0.25) is 5.65 Å². The molecular formula is C17H17Cl2N9O. The van der Waals surface area contributed by atoms with Crippen molar-refractivity contribution in [2.75, 3.05) is 13.1 Å². The van der Waals surface area contributed by atoms with Crippen LogP contribution in [0.3, 0.4) is 0 Å². The molecule has 1 amide bonds. The van der Waals surface area contributed by atoms with Crippen molar-refractivity contribution < 1.29 is 4.79 Å². The summed E-state index contributed by atoms with van der Waals surface area (Å²) >= 11 is 11.4. The summed E-state index contributed by atoms with van der Waals surface area (Å²) in [7, 11) is 0. The number of likely N-dealkylation sites (tertiary alicyclic amines) is 1. The number of pyridine rings is 2. The first kappa shape index (κ1) is 19.5. The third kappa shape index (κ3) is 4.28. The van der Waals surface area contributed by atoms with Gasteiger partial charge in [0.05, 0.1) is 0 Å². The van der Waals surface area contributed by atoms with Crippen molar-refractivity contribution in [3.8, 4) is 0 Å². The van der Waals surface area contributed by atoms with E-state index in [-0.39, 0.29) is 6.03 Å². The van der Waals surface area contributed by atoms with Crippen LogP contribution in [0.25, 0.3) is 22.3 Å². The van der Waals surface area contributed by atoms with Crippen LogP contribution in [0, 0.1) is 5.92 Å². The van der Waals surface area contributed by atoms with Crippen LogP contribution in [0.5, 0.6) is 0 Å². The molecule has 1 N–H and O–H groups in total. The van der Waals surface area contributed by atoms with E-state index in [0.29, 0.717) is 33.0 Å². The number of H-pyrrole nitrogens is 1. The van der Waals surface area contributed by atoms with Crippen LogP contribution >= 0.6 is 23.2 Å². The Morgan fingerprint density at radius 3 is 2.48 bits per heavy atom. The van der Waals surface area contributed by atoms with Crippen LogP contribution in [0.2, 0.25) is 10.3 Å². The first-order valence-corrected chi connectivity index (χ1v) is 9.77. The van der Waals surface area contributed by atoms with Crippen molar-refractivity contribution in [3.05, 3.63) is 34.6 Å². The number of aromatic amines is 1. The van der Waals surface area contributed by atoms with Crippen molar-refractivity contribution in [1.82, 2.24) is 45.3 Å². The van der Waals surface area contributed by atoms with E-state index in [1.165, 1.54) is 4.68 Å². The number of piperidine rings is 1. The largest absolute Gasteiger partial charge is 0.348 e. The molecule has 0 aromatic carbocycles. The van der Waals surface area contributed by atoms with E-state index < -0.39 is 0 Å². The summed E-state index contributed by atoms with van der Waals surface area (Å²) in [6, 6.07) is 6.60. The maximum atomic E-state index is 12.4. The fraction of sp³-hybridized carbons (Fsp3) is 0.353. The minimum absolute atomic E-state index is 0.177. The maximum Gasteiger partial charge on any atom is 0.348 e. The molecule has 29 heavy (non-hydrogen) atoms. The summed E-state index contributed by atoms with van der Waals surface area (Å²) in [5.41, 5.74) is 2.26. The second-order valence-electron chi connectivity index (χ2n) is 6.73. The Morgan fingerprint density at radius 1 is 1.03 bits per heavy atom. The van der Waals surface area contributed by atoms with Gasteiger partial charge in [-0.2, -0.15) is 10.3 Å². The zero-order valence-electron chi connectivity index (χ0n) is 15.5. The molecule has 0 bridgehead atoms. The molecule has 10 nitrogen and oxygen atoms in total. The van der Waals surface area contributed by atoms with Gasteiger partial charge >= 0.3 is 6.03 Å².